The number of benzene rings is 1. The molecule has 7 heteroatoms. The molecule has 1 amide bonds. The second kappa shape index (κ2) is 7.33. The molecule has 25 heavy (non-hydrogen) atoms. The molecule has 0 N–H and O–H groups in total. The van der Waals surface area contributed by atoms with E-state index in [0.29, 0.717) is 23.6 Å². The highest BCUT2D eigenvalue weighted by Crippen LogP contribution is 2.22. The second-order valence-electron chi connectivity index (χ2n) is 5.91. The molecular formula is C18H22N4O2S. The lowest BCUT2D eigenvalue weighted by atomic mass is 10.1. The van der Waals surface area contributed by atoms with Gasteiger partial charge in [-0.2, -0.15) is 10.1 Å². The van der Waals surface area contributed by atoms with Gasteiger partial charge in [-0.05, 0) is 50.1 Å². The molecule has 0 unspecified atom stereocenters. The lowest BCUT2D eigenvalue weighted by Crippen LogP contribution is -2.19. The third-order valence-electron chi connectivity index (χ3n) is 4.20. The number of aromatic nitrogens is 3. The Labute approximate surface area is 150 Å². The van der Waals surface area contributed by atoms with Gasteiger partial charge in [0, 0.05) is 26.4 Å². The molecule has 0 bridgehead atoms. The predicted octanol–water partition coefficient (Wildman–Crippen LogP) is 2.92. The number of carbonyl (C=O) groups is 1. The van der Waals surface area contributed by atoms with Gasteiger partial charge in [-0.25, -0.2) is 0 Å². The average molecular weight is 358 g/mol. The third-order valence-corrected chi connectivity index (χ3v) is 5.24. The summed E-state index contributed by atoms with van der Waals surface area (Å²) in [5.41, 5.74) is 3.89. The predicted molar refractivity (Wildman–Crippen MR) is 99.0 cm³/mol. The van der Waals surface area contributed by atoms with E-state index in [0.717, 1.165) is 16.8 Å². The van der Waals surface area contributed by atoms with E-state index in [1.54, 1.807) is 24.1 Å². The molecule has 0 saturated carbocycles. The molecule has 2 heterocycles. The Morgan fingerprint density at radius 1 is 1.32 bits per heavy atom. The number of thiazole rings is 1. The zero-order chi connectivity index (χ0) is 18.0. The Morgan fingerprint density at radius 3 is 2.76 bits per heavy atom. The zero-order valence-electron chi connectivity index (χ0n) is 14.9. The van der Waals surface area contributed by atoms with Gasteiger partial charge >= 0.3 is 0 Å². The van der Waals surface area contributed by atoms with Crippen LogP contribution in [0.2, 0.25) is 0 Å². The van der Waals surface area contributed by atoms with Crippen molar-refractivity contribution in [3.63, 3.8) is 0 Å². The number of ether oxygens (including phenoxy) is 1. The van der Waals surface area contributed by atoms with Crippen LogP contribution >= 0.6 is 11.3 Å². The summed E-state index contributed by atoms with van der Waals surface area (Å²) in [6.07, 6.45) is 1.79. The summed E-state index contributed by atoms with van der Waals surface area (Å²) in [5.74, 6) is -0.321. The number of aryl methyl sites for hydroxylation is 3. The lowest BCUT2D eigenvalue weighted by Gasteiger charge is -2.06. The van der Waals surface area contributed by atoms with Crippen LogP contribution in [0.3, 0.4) is 0 Å². The van der Waals surface area contributed by atoms with Crippen molar-refractivity contribution in [1.82, 2.24) is 14.3 Å². The lowest BCUT2D eigenvalue weighted by molar-refractivity contribution is 0.0992. The minimum atomic E-state index is -0.321. The number of hydrogen-bond donors (Lipinski definition) is 0. The van der Waals surface area contributed by atoms with Crippen LogP contribution < -0.4 is 4.80 Å². The van der Waals surface area contributed by atoms with Crippen LogP contribution in [0.25, 0.3) is 10.2 Å². The fourth-order valence-corrected chi connectivity index (χ4v) is 3.74. The third kappa shape index (κ3) is 3.57. The van der Waals surface area contributed by atoms with Crippen molar-refractivity contribution >= 4 is 27.5 Å². The summed E-state index contributed by atoms with van der Waals surface area (Å²) < 4.78 is 10.1. The summed E-state index contributed by atoms with van der Waals surface area (Å²) in [6, 6.07) is 6.00. The maximum absolute atomic E-state index is 12.5. The van der Waals surface area contributed by atoms with Gasteiger partial charge in [-0.3, -0.25) is 9.48 Å². The van der Waals surface area contributed by atoms with Crippen LogP contribution in [0.4, 0.5) is 0 Å². The van der Waals surface area contributed by atoms with Gasteiger partial charge in [0.25, 0.3) is 5.91 Å². The van der Waals surface area contributed by atoms with Crippen LogP contribution in [0.1, 0.15) is 28.5 Å². The number of amides is 1. The molecule has 3 rings (SSSR count). The van der Waals surface area contributed by atoms with Gasteiger partial charge < -0.3 is 9.30 Å². The average Bonchev–Trinajstić information content (AvgIpc) is 3.19. The molecular weight excluding hydrogens is 336 g/mol. The van der Waals surface area contributed by atoms with E-state index in [2.05, 4.69) is 36.1 Å². The largest absolute Gasteiger partial charge is 0.383 e. The van der Waals surface area contributed by atoms with Gasteiger partial charge in [0.05, 0.1) is 16.8 Å². The highest BCUT2D eigenvalue weighted by atomic mass is 32.1. The van der Waals surface area contributed by atoms with Gasteiger partial charge in [0.2, 0.25) is 0 Å². The van der Waals surface area contributed by atoms with Crippen molar-refractivity contribution in [2.24, 2.45) is 4.99 Å². The molecule has 0 fully saturated rings. The molecule has 0 radical (unpaired) electrons. The molecule has 2 aromatic heterocycles. The van der Waals surface area contributed by atoms with Crippen LogP contribution in [0.15, 0.2) is 29.4 Å². The maximum atomic E-state index is 12.5. The fourth-order valence-electron chi connectivity index (χ4n) is 2.60. The second-order valence-corrected chi connectivity index (χ2v) is 6.92. The molecule has 0 aliphatic rings. The van der Waals surface area contributed by atoms with E-state index in [4.69, 9.17) is 4.74 Å². The summed E-state index contributed by atoms with van der Waals surface area (Å²) in [7, 11) is 1.67. The summed E-state index contributed by atoms with van der Waals surface area (Å²) >= 11 is 1.52. The van der Waals surface area contributed by atoms with Gasteiger partial charge in [0.15, 0.2) is 10.5 Å². The molecule has 0 aliphatic carbocycles. The van der Waals surface area contributed by atoms with Crippen molar-refractivity contribution in [1.29, 1.82) is 0 Å². The Kier molecular flexibility index (Phi) is 5.15. The molecule has 0 saturated heterocycles. The van der Waals surface area contributed by atoms with Gasteiger partial charge in [0.1, 0.15) is 0 Å². The van der Waals surface area contributed by atoms with Crippen molar-refractivity contribution in [2.45, 2.75) is 33.9 Å². The molecule has 0 spiro atoms. The Morgan fingerprint density at radius 2 is 2.08 bits per heavy atom. The molecule has 3 aromatic rings. The Bertz CT molecular complexity index is 981. The van der Waals surface area contributed by atoms with E-state index in [9.17, 15) is 4.79 Å². The first-order chi connectivity index (χ1) is 12.0. The summed E-state index contributed by atoms with van der Waals surface area (Å²) in [4.78, 5) is 17.5. The van der Waals surface area contributed by atoms with Crippen LogP contribution in [0, 0.1) is 13.8 Å². The first kappa shape index (κ1) is 17.6. The topological polar surface area (TPSA) is 61.4 Å². The van der Waals surface area contributed by atoms with E-state index in [1.807, 2.05) is 11.5 Å². The highest BCUT2D eigenvalue weighted by molar-refractivity contribution is 7.16. The maximum Gasteiger partial charge on any atom is 0.300 e. The molecule has 0 atom stereocenters. The van der Waals surface area contributed by atoms with Crippen molar-refractivity contribution < 1.29 is 9.53 Å². The number of nitrogens with zero attached hydrogens (tertiary/aromatic N) is 4. The fraction of sp³-hybridized carbons (Fsp3) is 0.389. The van der Waals surface area contributed by atoms with Gasteiger partial charge in [-0.15, -0.1) is 0 Å². The van der Waals surface area contributed by atoms with E-state index in [1.165, 1.54) is 22.5 Å². The van der Waals surface area contributed by atoms with Crippen LogP contribution in [0.5, 0.6) is 0 Å². The van der Waals surface area contributed by atoms with Gasteiger partial charge in [-0.1, -0.05) is 11.3 Å². The van der Waals surface area contributed by atoms with Crippen molar-refractivity contribution in [2.75, 3.05) is 13.7 Å². The quantitative estimate of drug-likeness (QED) is 0.704. The normalized spacial score (nSPS) is 12.2. The monoisotopic (exact) mass is 358 g/mol. The first-order valence-electron chi connectivity index (χ1n) is 8.25. The van der Waals surface area contributed by atoms with Crippen molar-refractivity contribution in [3.05, 3.63) is 46.0 Å². The molecule has 132 valence electrons. The minimum Gasteiger partial charge on any atom is -0.383 e. The van der Waals surface area contributed by atoms with Crippen LogP contribution in [-0.2, 0) is 17.8 Å². The smallest absolute Gasteiger partial charge is 0.300 e. The Balaban J connectivity index is 2.11. The SMILES string of the molecule is CCn1ccc(C(=O)N=c2sc3cc(C)c(C)cc3n2CCOC)n1. The molecule has 0 aliphatic heterocycles. The number of carbonyl (C=O) groups excluding carboxylic acids is 1. The standard InChI is InChI=1S/C18H22N4O2S/c1-5-21-7-6-14(20-21)17(23)19-18-22(8-9-24-4)15-10-12(2)13(3)11-16(15)25-18/h6-7,10-11H,5,8-9H2,1-4H3. The summed E-state index contributed by atoms with van der Waals surface area (Å²) in [5, 5.41) is 4.24. The zero-order valence-corrected chi connectivity index (χ0v) is 15.8. The molecule has 1 aromatic carbocycles. The Hall–Kier alpha value is -2.25. The number of hydrogen-bond acceptors (Lipinski definition) is 4. The highest BCUT2D eigenvalue weighted by Gasteiger charge is 2.12. The van der Waals surface area contributed by atoms with E-state index >= 15 is 0 Å². The minimum absolute atomic E-state index is 0.321. The number of fused-ring (bicyclic) bond motifs is 1. The number of methoxy groups -OCH3 is 1. The van der Waals surface area contributed by atoms with E-state index < -0.39 is 0 Å². The molecule has 6 nitrogen and oxygen atoms in total. The van der Waals surface area contributed by atoms with E-state index in [-0.39, 0.29) is 5.91 Å². The van der Waals surface area contributed by atoms with Crippen molar-refractivity contribution in [3.8, 4) is 0 Å². The summed E-state index contributed by atoms with van der Waals surface area (Å²) in [6.45, 7) is 8.09. The van der Waals surface area contributed by atoms with Crippen LogP contribution in [-0.4, -0.2) is 34.0 Å². The number of rotatable bonds is 5. The first-order valence-corrected chi connectivity index (χ1v) is 9.07.